The first-order chi connectivity index (χ1) is 12.9. The molecule has 138 valence electrons. The van der Waals surface area contributed by atoms with E-state index in [1.807, 2.05) is 25.1 Å². The Balaban J connectivity index is 1.75. The number of para-hydroxylation sites is 1. The monoisotopic (exact) mass is 367 g/mol. The minimum absolute atomic E-state index is 0.0455. The number of fused-ring (bicyclic) bond motifs is 1. The Morgan fingerprint density at radius 1 is 1.26 bits per heavy atom. The van der Waals surface area contributed by atoms with Crippen molar-refractivity contribution in [2.75, 3.05) is 12.3 Å². The van der Waals surface area contributed by atoms with E-state index in [-0.39, 0.29) is 22.7 Å². The predicted molar refractivity (Wildman–Crippen MR) is 99.8 cm³/mol. The quantitative estimate of drug-likeness (QED) is 0.226. The van der Waals surface area contributed by atoms with Crippen molar-refractivity contribution in [2.45, 2.75) is 13.3 Å². The smallest absolute Gasteiger partial charge is 0.338 e. The predicted octanol–water partition coefficient (Wildman–Crippen LogP) is 3.26. The number of hydrogen-bond acceptors (Lipinski definition) is 6. The van der Waals surface area contributed by atoms with Gasteiger partial charge >= 0.3 is 5.97 Å². The standard InChI is InChI=1S/C19H17N3O5/c1-2-11-4-3-5-13-14(9-21-18(11)13)17(23)10-27-19(24)12-6-7-15(20)16(8-12)22(25)26/h3-9,21H,2,10,20H2,1H3. The maximum atomic E-state index is 12.5. The van der Waals surface area contributed by atoms with Crippen LogP contribution in [0.3, 0.4) is 0 Å². The van der Waals surface area contributed by atoms with Crippen LogP contribution in [0.1, 0.15) is 33.2 Å². The number of nitrogens with two attached hydrogens (primary N) is 1. The van der Waals surface area contributed by atoms with E-state index in [1.165, 1.54) is 12.1 Å². The van der Waals surface area contributed by atoms with Gasteiger partial charge in [0.05, 0.1) is 10.5 Å². The summed E-state index contributed by atoms with van der Waals surface area (Å²) in [5, 5.41) is 11.7. The lowest BCUT2D eigenvalue weighted by Gasteiger charge is -2.05. The van der Waals surface area contributed by atoms with Crippen LogP contribution < -0.4 is 5.73 Å². The van der Waals surface area contributed by atoms with E-state index in [0.717, 1.165) is 29.0 Å². The molecule has 0 radical (unpaired) electrons. The van der Waals surface area contributed by atoms with Gasteiger partial charge in [0.1, 0.15) is 5.69 Å². The van der Waals surface area contributed by atoms with Crippen molar-refractivity contribution >= 4 is 34.0 Å². The van der Waals surface area contributed by atoms with Gasteiger partial charge < -0.3 is 15.5 Å². The number of aryl methyl sites for hydroxylation is 1. The molecule has 3 aromatic rings. The molecule has 1 heterocycles. The molecule has 0 spiro atoms. The summed E-state index contributed by atoms with van der Waals surface area (Å²) in [6, 6.07) is 9.26. The summed E-state index contributed by atoms with van der Waals surface area (Å²) in [6.45, 7) is 1.55. The van der Waals surface area contributed by atoms with Crippen LogP contribution in [0.5, 0.6) is 0 Å². The lowest BCUT2D eigenvalue weighted by molar-refractivity contribution is -0.383. The molecule has 3 N–H and O–H groups in total. The van der Waals surface area contributed by atoms with Gasteiger partial charge in [-0.25, -0.2) is 4.79 Å². The molecular weight excluding hydrogens is 350 g/mol. The molecule has 8 nitrogen and oxygen atoms in total. The largest absolute Gasteiger partial charge is 0.454 e. The number of nitro groups is 1. The second-order valence-electron chi connectivity index (χ2n) is 5.93. The average Bonchev–Trinajstić information content (AvgIpc) is 3.10. The number of aromatic nitrogens is 1. The van der Waals surface area contributed by atoms with Gasteiger partial charge in [-0.15, -0.1) is 0 Å². The SMILES string of the molecule is CCc1cccc2c(C(=O)COC(=O)c3ccc(N)c([N+](=O)[O-])c3)c[nH]c12. The maximum absolute atomic E-state index is 12.5. The number of nitrogens with zero attached hydrogens (tertiary/aromatic N) is 1. The van der Waals surface area contributed by atoms with Crippen LogP contribution in [0.2, 0.25) is 0 Å². The Labute approximate surface area is 154 Å². The van der Waals surface area contributed by atoms with Crippen LogP contribution in [0, 0.1) is 10.1 Å². The van der Waals surface area contributed by atoms with Gasteiger partial charge in [-0.05, 0) is 24.1 Å². The number of benzene rings is 2. The van der Waals surface area contributed by atoms with Gasteiger partial charge in [0.15, 0.2) is 6.61 Å². The third-order valence-corrected chi connectivity index (χ3v) is 4.28. The van der Waals surface area contributed by atoms with E-state index < -0.39 is 17.5 Å². The third kappa shape index (κ3) is 3.50. The summed E-state index contributed by atoms with van der Waals surface area (Å²) in [4.78, 5) is 37.9. The van der Waals surface area contributed by atoms with Crippen LogP contribution in [0.25, 0.3) is 10.9 Å². The van der Waals surface area contributed by atoms with Gasteiger partial charge in [-0.2, -0.15) is 0 Å². The third-order valence-electron chi connectivity index (χ3n) is 4.28. The molecule has 1 aromatic heterocycles. The number of nitro benzene ring substituents is 1. The number of carbonyl (C=O) groups excluding carboxylic acids is 2. The summed E-state index contributed by atoms with van der Waals surface area (Å²) in [7, 11) is 0. The number of Topliss-reactive ketones (excluding diaryl/α,β-unsaturated/α-hetero) is 1. The number of rotatable bonds is 6. The molecule has 0 fully saturated rings. The van der Waals surface area contributed by atoms with Crippen molar-refractivity contribution in [1.82, 2.24) is 4.98 Å². The van der Waals surface area contributed by atoms with Crippen molar-refractivity contribution in [3.05, 3.63) is 69.4 Å². The number of ether oxygens (including phenoxy) is 1. The van der Waals surface area contributed by atoms with Crippen LogP contribution in [-0.2, 0) is 11.2 Å². The summed E-state index contributed by atoms with van der Waals surface area (Å²) < 4.78 is 5.03. The molecule has 0 atom stereocenters. The molecule has 0 amide bonds. The molecule has 3 rings (SSSR count). The van der Waals surface area contributed by atoms with Crippen molar-refractivity contribution < 1.29 is 19.2 Å². The summed E-state index contributed by atoms with van der Waals surface area (Å²) in [6.07, 6.45) is 2.41. The summed E-state index contributed by atoms with van der Waals surface area (Å²) in [5.74, 6) is -1.20. The number of nitrogen functional groups attached to an aromatic ring is 1. The number of anilines is 1. The average molecular weight is 367 g/mol. The molecule has 0 saturated carbocycles. The van der Waals surface area contributed by atoms with Crippen LogP contribution in [0.4, 0.5) is 11.4 Å². The number of nitrogens with one attached hydrogen (secondary N) is 1. The number of aromatic amines is 1. The van der Waals surface area contributed by atoms with Gasteiger partial charge in [-0.1, -0.05) is 25.1 Å². The fourth-order valence-corrected chi connectivity index (χ4v) is 2.86. The van der Waals surface area contributed by atoms with Crippen molar-refractivity contribution in [3.8, 4) is 0 Å². The molecular formula is C19H17N3O5. The number of ketones is 1. The van der Waals surface area contributed by atoms with Gasteiger partial charge in [0.25, 0.3) is 5.69 Å². The van der Waals surface area contributed by atoms with Crippen LogP contribution in [0.15, 0.2) is 42.6 Å². The lowest BCUT2D eigenvalue weighted by Crippen LogP contribution is -2.14. The molecule has 0 aliphatic carbocycles. The Hall–Kier alpha value is -3.68. The second-order valence-corrected chi connectivity index (χ2v) is 5.93. The van der Waals surface area contributed by atoms with Crippen molar-refractivity contribution in [3.63, 3.8) is 0 Å². The van der Waals surface area contributed by atoms with Gasteiger partial charge in [-0.3, -0.25) is 14.9 Å². The van der Waals surface area contributed by atoms with Crippen LogP contribution in [-0.4, -0.2) is 28.3 Å². The molecule has 0 saturated heterocycles. The Kier molecular flexibility index (Phi) is 4.89. The maximum Gasteiger partial charge on any atom is 0.338 e. The first-order valence-corrected chi connectivity index (χ1v) is 8.25. The normalized spacial score (nSPS) is 10.7. The number of hydrogen-bond donors (Lipinski definition) is 2. The highest BCUT2D eigenvalue weighted by Gasteiger charge is 2.19. The zero-order chi connectivity index (χ0) is 19.6. The van der Waals surface area contributed by atoms with Gasteiger partial charge in [0, 0.05) is 28.7 Å². The molecule has 0 unspecified atom stereocenters. The van der Waals surface area contributed by atoms with E-state index in [9.17, 15) is 19.7 Å². The highest BCUT2D eigenvalue weighted by Crippen LogP contribution is 2.24. The Morgan fingerprint density at radius 3 is 2.74 bits per heavy atom. The first-order valence-electron chi connectivity index (χ1n) is 8.25. The zero-order valence-electron chi connectivity index (χ0n) is 14.5. The fourth-order valence-electron chi connectivity index (χ4n) is 2.86. The molecule has 8 heteroatoms. The van der Waals surface area contributed by atoms with Gasteiger partial charge in [0.2, 0.25) is 5.78 Å². The highest BCUT2D eigenvalue weighted by molar-refractivity contribution is 6.09. The van der Waals surface area contributed by atoms with E-state index in [2.05, 4.69) is 4.98 Å². The van der Waals surface area contributed by atoms with E-state index in [4.69, 9.17) is 10.5 Å². The lowest BCUT2D eigenvalue weighted by atomic mass is 10.1. The minimum Gasteiger partial charge on any atom is -0.454 e. The molecule has 0 aliphatic heterocycles. The Morgan fingerprint density at radius 2 is 2.04 bits per heavy atom. The van der Waals surface area contributed by atoms with E-state index in [1.54, 1.807) is 6.20 Å². The number of H-pyrrole nitrogens is 1. The second kappa shape index (κ2) is 7.28. The summed E-state index contributed by atoms with van der Waals surface area (Å²) in [5.41, 5.74) is 7.40. The van der Waals surface area contributed by atoms with E-state index >= 15 is 0 Å². The van der Waals surface area contributed by atoms with Crippen molar-refractivity contribution in [2.24, 2.45) is 0 Å². The molecule has 0 bridgehead atoms. The summed E-state index contributed by atoms with van der Waals surface area (Å²) >= 11 is 0. The molecule has 2 aromatic carbocycles. The Bertz CT molecular complexity index is 1050. The molecule has 0 aliphatic rings. The number of esters is 1. The first kappa shape index (κ1) is 18.1. The van der Waals surface area contributed by atoms with E-state index in [0.29, 0.717) is 5.56 Å². The molecule has 27 heavy (non-hydrogen) atoms. The minimum atomic E-state index is -0.833. The van der Waals surface area contributed by atoms with Crippen molar-refractivity contribution in [1.29, 1.82) is 0 Å². The highest BCUT2D eigenvalue weighted by atomic mass is 16.6. The number of carbonyl (C=O) groups is 2. The van der Waals surface area contributed by atoms with Crippen LogP contribution >= 0.6 is 0 Å². The topological polar surface area (TPSA) is 128 Å². The zero-order valence-corrected chi connectivity index (χ0v) is 14.5. The fraction of sp³-hybridized carbons (Fsp3) is 0.158.